The van der Waals surface area contributed by atoms with Crippen LogP contribution in [0.2, 0.25) is 0 Å². The standard InChI is InChI=1S/C18H20N4O2/c1-11-6-7-16(24)14(8-11)18-21-15-5-3-2-4-13(15)17(22-18)20-9-12(19)10-23/h2-8,12,23-24H,9-10,19H2,1H3,(H,20,21,22). The number of nitrogens with two attached hydrogens (primary N) is 1. The molecule has 0 saturated heterocycles. The van der Waals surface area contributed by atoms with Gasteiger partial charge in [-0.25, -0.2) is 9.97 Å². The molecule has 0 spiro atoms. The minimum absolute atomic E-state index is 0.110. The molecule has 124 valence electrons. The number of rotatable bonds is 5. The molecular formula is C18H20N4O2. The highest BCUT2D eigenvalue weighted by molar-refractivity contribution is 5.90. The number of hydrogen-bond acceptors (Lipinski definition) is 6. The Balaban J connectivity index is 2.11. The maximum Gasteiger partial charge on any atom is 0.165 e. The Morgan fingerprint density at radius 3 is 2.75 bits per heavy atom. The summed E-state index contributed by atoms with van der Waals surface area (Å²) in [4.78, 5) is 9.12. The lowest BCUT2D eigenvalue weighted by molar-refractivity contribution is 0.270. The van der Waals surface area contributed by atoms with E-state index in [1.54, 1.807) is 6.07 Å². The first-order valence-corrected chi connectivity index (χ1v) is 7.75. The Kier molecular flexibility index (Phi) is 4.59. The highest BCUT2D eigenvalue weighted by Crippen LogP contribution is 2.30. The molecule has 0 fully saturated rings. The van der Waals surface area contributed by atoms with Crippen LogP contribution in [-0.4, -0.2) is 39.4 Å². The predicted molar refractivity (Wildman–Crippen MR) is 94.9 cm³/mol. The van der Waals surface area contributed by atoms with Crippen molar-refractivity contribution >= 4 is 16.7 Å². The van der Waals surface area contributed by atoms with Crippen molar-refractivity contribution in [3.8, 4) is 17.1 Å². The third-order valence-electron chi connectivity index (χ3n) is 3.76. The molecule has 1 heterocycles. The van der Waals surface area contributed by atoms with Gasteiger partial charge in [-0.05, 0) is 31.2 Å². The monoisotopic (exact) mass is 324 g/mol. The highest BCUT2D eigenvalue weighted by atomic mass is 16.3. The van der Waals surface area contributed by atoms with Gasteiger partial charge in [-0.15, -0.1) is 0 Å². The van der Waals surface area contributed by atoms with Crippen molar-refractivity contribution in [1.82, 2.24) is 9.97 Å². The van der Waals surface area contributed by atoms with Crippen LogP contribution < -0.4 is 11.1 Å². The second-order valence-corrected chi connectivity index (χ2v) is 5.76. The smallest absolute Gasteiger partial charge is 0.165 e. The van der Waals surface area contributed by atoms with E-state index in [0.717, 1.165) is 16.5 Å². The van der Waals surface area contributed by atoms with Crippen molar-refractivity contribution in [2.75, 3.05) is 18.5 Å². The van der Waals surface area contributed by atoms with E-state index in [-0.39, 0.29) is 18.4 Å². The first-order chi connectivity index (χ1) is 11.6. The number of para-hydroxylation sites is 1. The van der Waals surface area contributed by atoms with Crippen LogP contribution in [-0.2, 0) is 0 Å². The number of nitrogens with zero attached hydrogens (tertiary/aromatic N) is 2. The fourth-order valence-corrected chi connectivity index (χ4v) is 2.45. The molecule has 3 rings (SSSR count). The summed E-state index contributed by atoms with van der Waals surface area (Å²) >= 11 is 0. The second-order valence-electron chi connectivity index (χ2n) is 5.76. The van der Waals surface area contributed by atoms with Crippen LogP contribution in [0.4, 0.5) is 5.82 Å². The van der Waals surface area contributed by atoms with Crippen LogP contribution in [0.5, 0.6) is 5.75 Å². The zero-order valence-corrected chi connectivity index (χ0v) is 13.4. The van der Waals surface area contributed by atoms with Crippen LogP contribution in [0.3, 0.4) is 0 Å². The SMILES string of the molecule is Cc1ccc(O)c(-c2nc(NCC(N)CO)c3ccccc3n2)c1. The number of anilines is 1. The van der Waals surface area contributed by atoms with Gasteiger partial charge in [0.1, 0.15) is 11.6 Å². The Bertz CT molecular complexity index is 867. The molecule has 5 N–H and O–H groups in total. The van der Waals surface area contributed by atoms with Crippen molar-refractivity contribution in [1.29, 1.82) is 0 Å². The largest absolute Gasteiger partial charge is 0.507 e. The van der Waals surface area contributed by atoms with Crippen LogP contribution >= 0.6 is 0 Å². The summed E-state index contributed by atoms with van der Waals surface area (Å²) in [7, 11) is 0. The number of aliphatic hydroxyl groups is 1. The molecule has 6 nitrogen and oxygen atoms in total. The normalized spacial score (nSPS) is 12.3. The zero-order chi connectivity index (χ0) is 17.1. The number of benzene rings is 2. The van der Waals surface area contributed by atoms with Gasteiger partial charge in [0.15, 0.2) is 5.82 Å². The number of phenolic OH excluding ortho intramolecular Hbond substituents is 1. The van der Waals surface area contributed by atoms with E-state index in [1.807, 2.05) is 43.3 Å². The summed E-state index contributed by atoms with van der Waals surface area (Å²) in [5.74, 6) is 1.20. The lowest BCUT2D eigenvalue weighted by atomic mass is 10.1. The summed E-state index contributed by atoms with van der Waals surface area (Å²) in [5.41, 5.74) is 8.12. The Labute approximate surface area is 140 Å². The summed E-state index contributed by atoms with van der Waals surface area (Å²) in [6.07, 6.45) is 0. The molecular weight excluding hydrogens is 304 g/mol. The molecule has 24 heavy (non-hydrogen) atoms. The number of fused-ring (bicyclic) bond motifs is 1. The van der Waals surface area contributed by atoms with Gasteiger partial charge in [0.25, 0.3) is 0 Å². The molecule has 0 bridgehead atoms. The van der Waals surface area contributed by atoms with E-state index >= 15 is 0 Å². The number of aryl methyl sites for hydroxylation is 1. The van der Waals surface area contributed by atoms with Gasteiger partial charge in [-0.1, -0.05) is 23.8 Å². The third kappa shape index (κ3) is 3.29. The molecule has 0 radical (unpaired) electrons. The zero-order valence-electron chi connectivity index (χ0n) is 13.4. The van der Waals surface area contributed by atoms with Gasteiger partial charge in [-0.2, -0.15) is 0 Å². The van der Waals surface area contributed by atoms with Crippen LogP contribution in [0.15, 0.2) is 42.5 Å². The topological polar surface area (TPSA) is 104 Å². The van der Waals surface area contributed by atoms with Gasteiger partial charge in [0.2, 0.25) is 0 Å². The molecule has 3 aromatic rings. The van der Waals surface area contributed by atoms with Crippen molar-refractivity contribution < 1.29 is 10.2 Å². The quantitative estimate of drug-likeness (QED) is 0.572. The number of phenols is 1. The number of aliphatic hydroxyl groups excluding tert-OH is 1. The van der Waals surface area contributed by atoms with E-state index in [9.17, 15) is 5.11 Å². The van der Waals surface area contributed by atoms with E-state index in [1.165, 1.54) is 0 Å². The highest BCUT2D eigenvalue weighted by Gasteiger charge is 2.13. The first kappa shape index (κ1) is 16.2. The third-order valence-corrected chi connectivity index (χ3v) is 3.76. The van der Waals surface area contributed by atoms with Crippen LogP contribution in [0, 0.1) is 6.92 Å². The number of aromatic hydroxyl groups is 1. The molecule has 1 aromatic heterocycles. The fraction of sp³-hybridized carbons (Fsp3) is 0.222. The number of aromatic nitrogens is 2. The van der Waals surface area contributed by atoms with Crippen molar-refractivity contribution in [3.63, 3.8) is 0 Å². The molecule has 2 aromatic carbocycles. The summed E-state index contributed by atoms with van der Waals surface area (Å²) in [6, 6.07) is 12.6. The van der Waals surface area contributed by atoms with E-state index < -0.39 is 0 Å². The average molecular weight is 324 g/mol. The minimum atomic E-state index is -0.380. The molecule has 0 amide bonds. The van der Waals surface area contributed by atoms with Gasteiger partial charge >= 0.3 is 0 Å². The Morgan fingerprint density at radius 1 is 1.17 bits per heavy atom. The van der Waals surface area contributed by atoms with Gasteiger partial charge < -0.3 is 21.3 Å². The summed E-state index contributed by atoms with van der Waals surface area (Å²) in [6.45, 7) is 2.22. The molecule has 6 heteroatoms. The van der Waals surface area contributed by atoms with Gasteiger partial charge in [0.05, 0.1) is 17.7 Å². The molecule has 0 aliphatic carbocycles. The van der Waals surface area contributed by atoms with Crippen molar-refractivity contribution in [2.45, 2.75) is 13.0 Å². The lowest BCUT2D eigenvalue weighted by Gasteiger charge is -2.14. The Morgan fingerprint density at radius 2 is 1.96 bits per heavy atom. The fourth-order valence-electron chi connectivity index (χ4n) is 2.45. The predicted octanol–water partition coefficient (Wildman–Crippen LogP) is 2.04. The average Bonchev–Trinajstić information content (AvgIpc) is 2.61. The Hall–Kier alpha value is -2.70. The number of hydrogen-bond donors (Lipinski definition) is 4. The van der Waals surface area contributed by atoms with Crippen molar-refractivity contribution in [3.05, 3.63) is 48.0 Å². The molecule has 0 aliphatic heterocycles. The first-order valence-electron chi connectivity index (χ1n) is 7.75. The lowest BCUT2D eigenvalue weighted by Crippen LogP contribution is -2.32. The van der Waals surface area contributed by atoms with Crippen molar-refractivity contribution in [2.24, 2.45) is 5.73 Å². The summed E-state index contributed by atoms with van der Waals surface area (Å²) < 4.78 is 0. The maximum absolute atomic E-state index is 10.2. The second kappa shape index (κ2) is 6.82. The van der Waals surface area contributed by atoms with E-state index in [0.29, 0.717) is 23.8 Å². The molecule has 1 unspecified atom stereocenters. The summed E-state index contributed by atoms with van der Waals surface area (Å²) in [5, 5.41) is 23.3. The minimum Gasteiger partial charge on any atom is -0.507 e. The van der Waals surface area contributed by atoms with Gasteiger partial charge in [0, 0.05) is 18.0 Å². The van der Waals surface area contributed by atoms with Gasteiger partial charge in [-0.3, -0.25) is 0 Å². The molecule has 1 atom stereocenters. The van der Waals surface area contributed by atoms with E-state index in [4.69, 9.17) is 10.8 Å². The molecule has 0 aliphatic rings. The number of nitrogens with one attached hydrogen (secondary N) is 1. The van der Waals surface area contributed by atoms with E-state index in [2.05, 4.69) is 15.3 Å². The molecule has 0 saturated carbocycles. The van der Waals surface area contributed by atoms with Crippen LogP contribution in [0.25, 0.3) is 22.3 Å². The maximum atomic E-state index is 10.2. The van der Waals surface area contributed by atoms with Crippen LogP contribution in [0.1, 0.15) is 5.56 Å².